The molecule has 1 rings (SSSR count). The molecule has 0 amide bonds. The van der Waals surface area contributed by atoms with Crippen molar-refractivity contribution in [2.75, 3.05) is 0 Å². The van der Waals surface area contributed by atoms with E-state index in [2.05, 4.69) is 0 Å². The molecule has 0 atom stereocenters. The molecule has 0 aliphatic rings. The molecule has 0 spiro atoms. The maximum atomic E-state index is 8.75. The Labute approximate surface area is 77.1 Å². The van der Waals surface area contributed by atoms with E-state index in [1.807, 2.05) is 0 Å². The zero-order valence-electron chi connectivity index (χ0n) is 7.09. The molecule has 3 nitrogen and oxygen atoms in total. The van der Waals surface area contributed by atoms with E-state index >= 15 is 0 Å². The van der Waals surface area contributed by atoms with Crippen LogP contribution in [-0.4, -0.2) is 22.3 Å². The lowest BCUT2D eigenvalue weighted by Gasteiger charge is -1.96. The van der Waals surface area contributed by atoms with Gasteiger partial charge in [-0.1, -0.05) is 36.3 Å². The lowest BCUT2D eigenvalue weighted by Crippen LogP contribution is -2.05. The van der Waals surface area contributed by atoms with Gasteiger partial charge in [0.05, 0.1) is 6.61 Å². The molecule has 4 heteroatoms. The molecule has 1 aromatic rings. The molecule has 0 unspecified atom stereocenters. The van der Waals surface area contributed by atoms with Gasteiger partial charge in [-0.05, 0) is 11.1 Å². The Morgan fingerprint density at radius 3 is 2.23 bits per heavy atom. The van der Waals surface area contributed by atoms with Gasteiger partial charge in [0.2, 0.25) is 0 Å². The van der Waals surface area contributed by atoms with Crippen molar-refractivity contribution in [3.63, 3.8) is 0 Å². The second-order valence-corrected chi connectivity index (χ2v) is 2.67. The first-order valence-electron chi connectivity index (χ1n) is 3.96. The summed E-state index contributed by atoms with van der Waals surface area (Å²) in [5.41, 5.74) is 1.70. The van der Waals surface area contributed by atoms with Crippen molar-refractivity contribution in [2.24, 2.45) is 0 Å². The first kappa shape index (κ1) is 9.99. The van der Waals surface area contributed by atoms with Crippen molar-refractivity contribution in [3.8, 4) is 0 Å². The minimum Gasteiger partial charge on any atom is -0.424 e. The third-order valence-corrected chi connectivity index (χ3v) is 1.62. The standard InChI is InChI=1S/C9H11BO3/c11-7-9-3-1-8(2-4-9)5-6-10(12)13/h1-6,11-13H,7H2/b6-5+. The number of hydrogen-bond acceptors (Lipinski definition) is 3. The summed E-state index contributed by atoms with van der Waals surface area (Å²) in [6.07, 6.45) is 1.60. The number of benzene rings is 1. The minimum absolute atomic E-state index is 0.0205. The van der Waals surface area contributed by atoms with Crippen LogP contribution in [0.4, 0.5) is 0 Å². The molecule has 0 fully saturated rings. The third-order valence-electron chi connectivity index (χ3n) is 1.62. The average molecular weight is 178 g/mol. The quantitative estimate of drug-likeness (QED) is 0.579. The Morgan fingerprint density at radius 1 is 1.15 bits per heavy atom. The predicted molar refractivity (Wildman–Crippen MR) is 51.6 cm³/mol. The zero-order chi connectivity index (χ0) is 9.68. The van der Waals surface area contributed by atoms with Crippen LogP contribution >= 0.6 is 0 Å². The molecule has 3 N–H and O–H groups in total. The van der Waals surface area contributed by atoms with Gasteiger partial charge in [-0.15, -0.1) is 0 Å². The highest BCUT2D eigenvalue weighted by Gasteiger charge is 1.97. The van der Waals surface area contributed by atoms with E-state index < -0.39 is 7.12 Å². The van der Waals surface area contributed by atoms with Gasteiger partial charge in [0, 0.05) is 0 Å². The fourth-order valence-electron chi connectivity index (χ4n) is 0.931. The molecular formula is C9H11BO3. The van der Waals surface area contributed by atoms with Crippen LogP contribution in [0.5, 0.6) is 0 Å². The summed E-state index contributed by atoms with van der Waals surface area (Å²) in [5, 5.41) is 25.8. The van der Waals surface area contributed by atoms with Crippen molar-refractivity contribution in [3.05, 3.63) is 41.4 Å². The van der Waals surface area contributed by atoms with Gasteiger partial charge in [-0.25, -0.2) is 0 Å². The van der Waals surface area contributed by atoms with Crippen molar-refractivity contribution >= 4 is 13.2 Å². The van der Waals surface area contributed by atoms with Gasteiger partial charge in [0.15, 0.2) is 0 Å². The number of aliphatic hydroxyl groups excluding tert-OH is 1. The molecule has 13 heavy (non-hydrogen) atoms. The Bertz CT molecular complexity index is 279. The highest BCUT2D eigenvalue weighted by molar-refractivity contribution is 6.48. The molecule has 0 aliphatic heterocycles. The highest BCUT2D eigenvalue weighted by Crippen LogP contribution is 2.05. The van der Waals surface area contributed by atoms with E-state index in [4.69, 9.17) is 15.2 Å². The molecule has 0 saturated heterocycles. The SMILES string of the molecule is OCc1ccc(/C=C/B(O)O)cc1. The van der Waals surface area contributed by atoms with Gasteiger partial charge in [0.25, 0.3) is 0 Å². The lowest BCUT2D eigenvalue weighted by molar-refractivity contribution is 0.282. The summed E-state index contributed by atoms with van der Waals surface area (Å²) in [6, 6.07) is 7.15. The Balaban J connectivity index is 2.69. The Morgan fingerprint density at radius 2 is 1.77 bits per heavy atom. The summed E-state index contributed by atoms with van der Waals surface area (Å²) in [5.74, 6) is 1.27. The normalized spacial score (nSPS) is 10.7. The van der Waals surface area contributed by atoms with E-state index in [0.717, 1.165) is 11.1 Å². The second kappa shape index (κ2) is 4.82. The Kier molecular flexibility index (Phi) is 3.70. The van der Waals surface area contributed by atoms with Gasteiger partial charge in [0.1, 0.15) is 0 Å². The minimum atomic E-state index is -1.42. The van der Waals surface area contributed by atoms with Gasteiger partial charge in [-0.2, -0.15) is 0 Å². The fraction of sp³-hybridized carbons (Fsp3) is 0.111. The number of hydrogen-bond donors (Lipinski definition) is 3. The number of rotatable bonds is 3. The summed E-state index contributed by atoms with van der Waals surface area (Å²) in [6.45, 7) is 0.0205. The zero-order valence-corrected chi connectivity index (χ0v) is 7.09. The molecule has 0 radical (unpaired) electrons. The second-order valence-electron chi connectivity index (χ2n) is 2.67. The topological polar surface area (TPSA) is 60.7 Å². The summed E-state index contributed by atoms with van der Waals surface area (Å²) in [4.78, 5) is 0. The van der Waals surface area contributed by atoms with Gasteiger partial charge in [-0.3, -0.25) is 0 Å². The number of aliphatic hydroxyl groups is 1. The predicted octanol–water partition coefficient (Wildman–Crippen LogP) is 0.204. The molecule has 0 bridgehead atoms. The average Bonchev–Trinajstić information content (AvgIpc) is 2.15. The van der Waals surface area contributed by atoms with Gasteiger partial charge < -0.3 is 15.2 Å². The van der Waals surface area contributed by atoms with Crippen molar-refractivity contribution in [1.29, 1.82) is 0 Å². The van der Waals surface area contributed by atoms with Crippen molar-refractivity contribution in [2.45, 2.75) is 6.61 Å². The van der Waals surface area contributed by atoms with Crippen LogP contribution in [0.1, 0.15) is 11.1 Å². The first-order valence-corrected chi connectivity index (χ1v) is 3.96. The molecule has 68 valence electrons. The smallest absolute Gasteiger partial charge is 0.424 e. The van der Waals surface area contributed by atoms with Crippen LogP contribution in [0.15, 0.2) is 30.2 Å². The van der Waals surface area contributed by atoms with E-state index in [1.54, 1.807) is 30.3 Å². The van der Waals surface area contributed by atoms with Crippen LogP contribution in [-0.2, 0) is 6.61 Å². The molecular weight excluding hydrogens is 167 g/mol. The van der Waals surface area contributed by atoms with Crippen LogP contribution in [0.3, 0.4) is 0 Å². The van der Waals surface area contributed by atoms with Crippen LogP contribution in [0.2, 0.25) is 0 Å². The monoisotopic (exact) mass is 178 g/mol. The maximum Gasteiger partial charge on any atom is 0.480 e. The maximum absolute atomic E-state index is 8.75. The van der Waals surface area contributed by atoms with E-state index in [1.165, 1.54) is 5.98 Å². The largest absolute Gasteiger partial charge is 0.480 e. The molecule has 0 saturated carbocycles. The van der Waals surface area contributed by atoms with Crippen LogP contribution in [0, 0.1) is 0 Å². The molecule has 0 aliphatic carbocycles. The summed E-state index contributed by atoms with van der Waals surface area (Å²) < 4.78 is 0. The molecule has 0 heterocycles. The third kappa shape index (κ3) is 3.42. The van der Waals surface area contributed by atoms with E-state index in [-0.39, 0.29) is 6.61 Å². The Hall–Kier alpha value is -1.10. The van der Waals surface area contributed by atoms with E-state index in [0.29, 0.717) is 0 Å². The van der Waals surface area contributed by atoms with E-state index in [9.17, 15) is 0 Å². The molecule has 0 aromatic heterocycles. The van der Waals surface area contributed by atoms with Crippen LogP contribution in [0.25, 0.3) is 6.08 Å². The van der Waals surface area contributed by atoms with Crippen molar-refractivity contribution in [1.82, 2.24) is 0 Å². The summed E-state index contributed by atoms with van der Waals surface area (Å²) in [7, 11) is -1.42. The fourth-order valence-corrected chi connectivity index (χ4v) is 0.931. The highest BCUT2D eigenvalue weighted by atomic mass is 16.4. The summed E-state index contributed by atoms with van der Waals surface area (Å²) >= 11 is 0. The first-order chi connectivity index (χ1) is 6.22. The van der Waals surface area contributed by atoms with Crippen molar-refractivity contribution < 1.29 is 15.2 Å². The van der Waals surface area contributed by atoms with Crippen LogP contribution < -0.4 is 0 Å². The van der Waals surface area contributed by atoms with Gasteiger partial charge >= 0.3 is 7.12 Å². The molecule has 1 aromatic carbocycles. The lowest BCUT2D eigenvalue weighted by atomic mass is 9.91.